The van der Waals surface area contributed by atoms with Crippen LogP contribution in [-0.4, -0.2) is 16.5 Å². The summed E-state index contributed by atoms with van der Waals surface area (Å²) in [5, 5.41) is 3.21. The molecular formula is C7H7ClF4N2. The molecule has 0 fully saturated rings. The second-order valence-electron chi connectivity index (χ2n) is 2.59. The highest BCUT2D eigenvalue weighted by Gasteiger charge is 2.36. The number of rotatable bonds is 3. The fourth-order valence-electron chi connectivity index (χ4n) is 1.00. The van der Waals surface area contributed by atoms with Crippen LogP contribution in [0.2, 0.25) is 0 Å². The van der Waals surface area contributed by atoms with Crippen molar-refractivity contribution in [1.29, 1.82) is 0 Å². The van der Waals surface area contributed by atoms with Crippen molar-refractivity contribution in [3.05, 3.63) is 17.5 Å². The number of alkyl halides is 5. The highest BCUT2D eigenvalue weighted by molar-refractivity contribution is 6.17. The first-order chi connectivity index (χ1) is 6.49. The molecule has 0 saturated heterocycles. The lowest BCUT2D eigenvalue weighted by atomic mass is 10.3. The number of nitrogens with zero attached hydrogens (tertiary/aromatic N) is 2. The van der Waals surface area contributed by atoms with Crippen molar-refractivity contribution in [2.75, 3.05) is 6.67 Å². The molecule has 0 aliphatic heterocycles. The monoisotopic (exact) mass is 230 g/mol. The molecular weight excluding hydrogens is 224 g/mol. The number of hydrogen-bond acceptors (Lipinski definition) is 1. The lowest BCUT2D eigenvalue weighted by molar-refractivity contribution is -0.142. The third-order valence-electron chi connectivity index (χ3n) is 1.56. The molecule has 0 unspecified atom stereocenters. The molecule has 0 N–H and O–H groups in total. The normalized spacial score (nSPS) is 12.1. The Balaban J connectivity index is 3.02. The van der Waals surface area contributed by atoms with Crippen molar-refractivity contribution in [2.45, 2.75) is 18.6 Å². The van der Waals surface area contributed by atoms with Gasteiger partial charge in [-0.3, -0.25) is 4.68 Å². The number of aromatic nitrogens is 2. The maximum atomic E-state index is 12.3. The third kappa shape index (κ3) is 2.37. The molecule has 0 atom stereocenters. The van der Waals surface area contributed by atoms with Crippen molar-refractivity contribution in [3.63, 3.8) is 0 Å². The van der Waals surface area contributed by atoms with E-state index in [0.29, 0.717) is 0 Å². The molecule has 0 saturated carbocycles. The SMILES string of the molecule is FCCn1cc(CCl)c(C(F)(F)F)n1. The minimum absolute atomic E-state index is 0.132. The summed E-state index contributed by atoms with van der Waals surface area (Å²) in [6.45, 7) is -0.958. The van der Waals surface area contributed by atoms with Crippen LogP contribution in [0.3, 0.4) is 0 Å². The Kier molecular flexibility index (Phi) is 3.36. The third-order valence-corrected chi connectivity index (χ3v) is 1.85. The smallest absolute Gasteiger partial charge is 0.269 e. The molecule has 0 aliphatic rings. The molecule has 0 aromatic carbocycles. The lowest BCUT2D eigenvalue weighted by Crippen LogP contribution is -2.10. The van der Waals surface area contributed by atoms with Gasteiger partial charge in [0, 0.05) is 11.8 Å². The van der Waals surface area contributed by atoms with Gasteiger partial charge in [-0.1, -0.05) is 0 Å². The van der Waals surface area contributed by atoms with Gasteiger partial charge in [-0.25, -0.2) is 4.39 Å². The van der Waals surface area contributed by atoms with Gasteiger partial charge in [0.15, 0.2) is 5.69 Å². The van der Waals surface area contributed by atoms with Gasteiger partial charge in [-0.05, 0) is 0 Å². The summed E-state index contributed by atoms with van der Waals surface area (Å²) in [4.78, 5) is 0. The first kappa shape index (κ1) is 11.3. The predicted molar refractivity (Wildman–Crippen MR) is 42.8 cm³/mol. The van der Waals surface area contributed by atoms with E-state index in [0.717, 1.165) is 10.9 Å². The standard InChI is InChI=1S/C7H7ClF4N2/c8-3-5-4-14(2-1-9)13-6(5)7(10,11)12/h4H,1-3H2. The second kappa shape index (κ2) is 4.16. The van der Waals surface area contributed by atoms with Crippen LogP contribution < -0.4 is 0 Å². The van der Waals surface area contributed by atoms with E-state index in [2.05, 4.69) is 5.10 Å². The largest absolute Gasteiger partial charge is 0.435 e. The van der Waals surface area contributed by atoms with E-state index in [1.165, 1.54) is 0 Å². The zero-order chi connectivity index (χ0) is 10.8. The summed E-state index contributed by atoms with van der Waals surface area (Å²) >= 11 is 5.30. The molecule has 2 nitrogen and oxygen atoms in total. The van der Waals surface area contributed by atoms with Crippen LogP contribution in [0.15, 0.2) is 6.20 Å². The topological polar surface area (TPSA) is 17.8 Å². The molecule has 80 valence electrons. The molecule has 14 heavy (non-hydrogen) atoms. The van der Waals surface area contributed by atoms with E-state index in [1.54, 1.807) is 0 Å². The molecule has 0 radical (unpaired) electrons. The van der Waals surface area contributed by atoms with Crippen LogP contribution >= 0.6 is 11.6 Å². The fraction of sp³-hybridized carbons (Fsp3) is 0.571. The van der Waals surface area contributed by atoms with Gasteiger partial charge in [-0.2, -0.15) is 18.3 Å². The highest BCUT2D eigenvalue weighted by Crippen LogP contribution is 2.31. The number of halogens is 5. The van der Waals surface area contributed by atoms with Gasteiger partial charge in [0.05, 0.1) is 12.4 Å². The molecule has 1 heterocycles. The minimum Gasteiger partial charge on any atom is -0.269 e. The van der Waals surface area contributed by atoms with Crippen LogP contribution in [0.1, 0.15) is 11.3 Å². The van der Waals surface area contributed by atoms with E-state index in [9.17, 15) is 17.6 Å². The molecule has 1 rings (SSSR count). The Morgan fingerprint density at radius 3 is 2.43 bits per heavy atom. The Morgan fingerprint density at radius 2 is 2.07 bits per heavy atom. The molecule has 0 spiro atoms. The Hall–Kier alpha value is -0.780. The first-order valence-corrected chi connectivity index (χ1v) is 4.28. The van der Waals surface area contributed by atoms with Gasteiger partial charge in [0.2, 0.25) is 0 Å². The average Bonchev–Trinajstić information content (AvgIpc) is 2.47. The molecule has 1 aromatic heterocycles. The van der Waals surface area contributed by atoms with Crippen molar-refractivity contribution in [3.8, 4) is 0 Å². The Labute approximate surface area is 82.5 Å². The van der Waals surface area contributed by atoms with Gasteiger partial charge in [0.25, 0.3) is 0 Å². The molecule has 0 amide bonds. The van der Waals surface area contributed by atoms with Gasteiger partial charge in [0.1, 0.15) is 6.67 Å². The van der Waals surface area contributed by atoms with Gasteiger partial charge >= 0.3 is 6.18 Å². The second-order valence-corrected chi connectivity index (χ2v) is 2.85. The Bertz CT molecular complexity index is 307. The minimum atomic E-state index is -4.54. The number of hydrogen-bond donors (Lipinski definition) is 0. The quantitative estimate of drug-likeness (QED) is 0.577. The van der Waals surface area contributed by atoms with Crippen molar-refractivity contribution >= 4 is 11.6 Å². The molecule has 7 heteroatoms. The van der Waals surface area contributed by atoms with Gasteiger partial charge in [-0.15, -0.1) is 11.6 Å². The summed E-state index contributed by atoms with van der Waals surface area (Å²) in [6, 6.07) is 0. The maximum absolute atomic E-state index is 12.3. The summed E-state index contributed by atoms with van der Waals surface area (Å²) in [5.74, 6) is -0.291. The zero-order valence-electron chi connectivity index (χ0n) is 6.98. The van der Waals surface area contributed by atoms with Crippen LogP contribution in [0.5, 0.6) is 0 Å². The maximum Gasteiger partial charge on any atom is 0.435 e. The van der Waals surface area contributed by atoms with Crippen molar-refractivity contribution < 1.29 is 17.6 Å². The molecule has 0 aliphatic carbocycles. The molecule has 0 bridgehead atoms. The summed E-state index contributed by atoms with van der Waals surface area (Å²) in [6.07, 6.45) is -3.43. The fourth-order valence-corrected chi connectivity index (χ4v) is 1.20. The van der Waals surface area contributed by atoms with Crippen molar-refractivity contribution in [1.82, 2.24) is 9.78 Å². The van der Waals surface area contributed by atoms with Crippen LogP contribution in [0, 0.1) is 0 Å². The summed E-state index contributed by atoms with van der Waals surface area (Å²) in [7, 11) is 0. The van der Waals surface area contributed by atoms with Crippen LogP contribution in [0.25, 0.3) is 0 Å². The zero-order valence-corrected chi connectivity index (χ0v) is 7.74. The molecule has 1 aromatic rings. The summed E-state index contributed by atoms with van der Waals surface area (Å²) in [5.41, 5.74) is -1.17. The van der Waals surface area contributed by atoms with Crippen LogP contribution in [0.4, 0.5) is 17.6 Å². The van der Waals surface area contributed by atoms with Gasteiger partial charge < -0.3 is 0 Å². The highest BCUT2D eigenvalue weighted by atomic mass is 35.5. The van der Waals surface area contributed by atoms with E-state index >= 15 is 0 Å². The van der Waals surface area contributed by atoms with Crippen LogP contribution in [-0.2, 0) is 18.6 Å². The van der Waals surface area contributed by atoms with Crippen molar-refractivity contribution in [2.24, 2.45) is 0 Å². The number of aryl methyl sites for hydroxylation is 1. The predicted octanol–water partition coefficient (Wildman–Crippen LogP) is 2.61. The summed E-state index contributed by atoms with van der Waals surface area (Å²) < 4.78 is 49.5. The van der Waals surface area contributed by atoms with E-state index in [-0.39, 0.29) is 18.0 Å². The Morgan fingerprint density at radius 1 is 1.43 bits per heavy atom. The lowest BCUT2D eigenvalue weighted by Gasteiger charge is -2.03. The van der Waals surface area contributed by atoms with E-state index in [4.69, 9.17) is 11.6 Å². The first-order valence-electron chi connectivity index (χ1n) is 3.74. The average molecular weight is 231 g/mol. The van der Waals surface area contributed by atoms with E-state index in [1.807, 2.05) is 0 Å². The van der Waals surface area contributed by atoms with E-state index < -0.39 is 18.5 Å².